The maximum atomic E-state index is 12.4. The van der Waals surface area contributed by atoms with E-state index in [9.17, 15) is 19.2 Å². The van der Waals surface area contributed by atoms with Crippen LogP contribution in [0, 0.1) is 0 Å². The van der Waals surface area contributed by atoms with E-state index in [-0.39, 0.29) is 35.4 Å². The van der Waals surface area contributed by atoms with E-state index in [2.05, 4.69) is 24.5 Å². The number of likely N-dealkylation sites (tertiary alicyclic amines) is 1. The molecule has 1 aliphatic heterocycles. The molecule has 1 fully saturated rings. The van der Waals surface area contributed by atoms with Crippen LogP contribution >= 0.6 is 11.8 Å². The van der Waals surface area contributed by atoms with Crippen molar-refractivity contribution in [3.05, 3.63) is 0 Å². The normalized spacial score (nSPS) is 17.9. The van der Waals surface area contributed by atoms with Gasteiger partial charge in [0.25, 0.3) is 0 Å². The number of hydrogen-bond acceptors (Lipinski definition) is 5. The minimum atomic E-state index is -0.237. The van der Waals surface area contributed by atoms with Crippen LogP contribution in [0.3, 0.4) is 0 Å². The van der Waals surface area contributed by atoms with Gasteiger partial charge in [-0.2, -0.15) is 0 Å². The topological polar surface area (TPSA) is 95.6 Å². The molecule has 154 valence electrons. The highest BCUT2D eigenvalue weighted by Crippen LogP contribution is 2.30. The Morgan fingerprint density at radius 3 is 2.56 bits per heavy atom. The molecule has 0 radical (unpaired) electrons. The van der Waals surface area contributed by atoms with Gasteiger partial charge in [0.1, 0.15) is 0 Å². The van der Waals surface area contributed by atoms with Gasteiger partial charge in [-0.25, -0.2) is 0 Å². The van der Waals surface area contributed by atoms with Gasteiger partial charge < -0.3 is 10.6 Å². The zero-order chi connectivity index (χ0) is 20.2. The highest BCUT2D eigenvalue weighted by Gasteiger charge is 2.38. The Morgan fingerprint density at radius 2 is 1.89 bits per heavy atom. The van der Waals surface area contributed by atoms with Crippen LogP contribution in [0.5, 0.6) is 0 Å². The maximum absolute atomic E-state index is 12.4. The van der Waals surface area contributed by atoms with Gasteiger partial charge in [-0.1, -0.05) is 26.7 Å². The fourth-order valence-corrected chi connectivity index (χ4v) is 4.42. The van der Waals surface area contributed by atoms with Crippen molar-refractivity contribution in [2.45, 2.75) is 76.2 Å². The molecular weight excluding hydrogens is 366 g/mol. The number of nitrogens with one attached hydrogen (secondary N) is 2. The van der Waals surface area contributed by atoms with Crippen molar-refractivity contribution in [1.29, 1.82) is 0 Å². The fourth-order valence-electron chi connectivity index (χ4n) is 3.01. The Morgan fingerprint density at radius 1 is 1.15 bits per heavy atom. The van der Waals surface area contributed by atoms with Gasteiger partial charge in [-0.05, 0) is 26.2 Å². The standard InChI is InChI=1S/C19H33N3O4S/c1-4-9-14(3)27-15-12-18(25)22(19(15)26)11-8-6-7-10-16(23)21-13-17(24)20-5-2/h14-15H,4-13H2,1-3H3,(H,20,24)(H,21,23). The lowest BCUT2D eigenvalue weighted by atomic mass is 10.2. The SMILES string of the molecule is CCCC(C)SC1CC(=O)N(CCCCCC(=O)NCC(=O)NCC)C1=O. The van der Waals surface area contributed by atoms with Gasteiger partial charge >= 0.3 is 0 Å². The summed E-state index contributed by atoms with van der Waals surface area (Å²) in [5.74, 6) is -0.498. The van der Waals surface area contributed by atoms with Gasteiger partial charge in [0, 0.05) is 31.2 Å². The molecule has 0 aliphatic carbocycles. The maximum Gasteiger partial charge on any atom is 0.242 e. The van der Waals surface area contributed by atoms with Crippen LogP contribution in [0.25, 0.3) is 0 Å². The Balaban J connectivity index is 2.20. The number of carbonyl (C=O) groups is 4. The van der Waals surface area contributed by atoms with E-state index in [1.807, 2.05) is 6.92 Å². The largest absolute Gasteiger partial charge is 0.355 e. The van der Waals surface area contributed by atoms with Crippen molar-refractivity contribution < 1.29 is 19.2 Å². The second kappa shape index (κ2) is 12.8. The van der Waals surface area contributed by atoms with Crippen LogP contribution in [0.2, 0.25) is 0 Å². The molecule has 1 saturated heterocycles. The first kappa shape index (κ1) is 23.5. The zero-order valence-electron chi connectivity index (χ0n) is 16.7. The summed E-state index contributed by atoms with van der Waals surface area (Å²) in [6.45, 7) is 7.01. The van der Waals surface area contributed by atoms with Gasteiger partial charge in [-0.3, -0.25) is 24.1 Å². The quantitative estimate of drug-likeness (QED) is 0.364. The Bertz CT molecular complexity index is 527. The third kappa shape index (κ3) is 8.77. The second-order valence-corrected chi connectivity index (χ2v) is 8.50. The van der Waals surface area contributed by atoms with E-state index < -0.39 is 0 Å². The molecule has 2 atom stereocenters. The van der Waals surface area contributed by atoms with E-state index in [4.69, 9.17) is 0 Å². The number of hydrogen-bond donors (Lipinski definition) is 2. The number of thioether (sulfide) groups is 1. The molecule has 2 unspecified atom stereocenters. The first-order valence-electron chi connectivity index (χ1n) is 9.92. The Kier molecular flexibility index (Phi) is 11.1. The highest BCUT2D eigenvalue weighted by atomic mass is 32.2. The monoisotopic (exact) mass is 399 g/mol. The van der Waals surface area contributed by atoms with E-state index in [1.54, 1.807) is 11.8 Å². The fraction of sp³-hybridized carbons (Fsp3) is 0.789. The Hall–Kier alpha value is -1.57. The molecule has 7 nitrogen and oxygen atoms in total. The molecule has 0 bridgehead atoms. The second-order valence-electron chi connectivity index (χ2n) is 6.85. The van der Waals surface area contributed by atoms with Crippen LogP contribution in [-0.2, 0) is 19.2 Å². The summed E-state index contributed by atoms with van der Waals surface area (Å²) in [6.07, 6.45) is 4.89. The van der Waals surface area contributed by atoms with Crippen LogP contribution in [-0.4, -0.2) is 58.7 Å². The van der Waals surface area contributed by atoms with Crippen LogP contribution in [0.15, 0.2) is 0 Å². The molecule has 0 aromatic heterocycles. The summed E-state index contributed by atoms with van der Waals surface area (Å²) >= 11 is 1.61. The average Bonchev–Trinajstić information content (AvgIpc) is 2.87. The minimum Gasteiger partial charge on any atom is -0.355 e. The summed E-state index contributed by atoms with van der Waals surface area (Å²) in [5.41, 5.74) is 0. The van der Waals surface area contributed by atoms with Gasteiger partial charge in [-0.15, -0.1) is 11.8 Å². The number of likely N-dealkylation sites (N-methyl/N-ethyl adjacent to an activating group) is 1. The highest BCUT2D eigenvalue weighted by molar-refractivity contribution is 8.01. The summed E-state index contributed by atoms with van der Waals surface area (Å²) in [7, 11) is 0. The first-order chi connectivity index (χ1) is 12.9. The van der Waals surface area contributed by atoms with Crippen LogP contribution in [0.4, 0.5) is 0 Å². The number of carbonyl (C=O) groups excluding carboxylic acids is 4. The van der Waals surface area contributed by atoms with Crippen molar-refractivity contribution in [1.82, 2.24) is 15.5 Å². The van der Waals surface area contributed by atoms with Crippen molar-refractivity contribution in [3.8, 4) is 0 Å². The molecule has 0 saturated carbocycles. The molecule has 27 heavy (non-hydrogen) atoms. The van der Waals surface area contributed by atoms with Crippen molar-refractivity contribution >= 4 is 35.4 Å². The number of imide groups is 1. The number of amides is 4. The lowest BCUT2D eigenvalue weighted by Crippen LogP contribution is -2.36. The lowest BCUT2D eigenvalue weighted by molar-refractivity contribution is -0.138. The first-order valence-corrected chi connectivity index (χ1v) is 10.9. The van der Waals surface area contributed by atoms with Crippen LogP contribution < -0.4 is 10.6 Å². The van der Waals surface area contributed by atoms with E-state index >= 15 is 0 Å². The molecule has 1 heterocycles. The van der Waals surface area contributed by atoms with E-state index in [0.717, 1.165) is 19.3 Å². The summed E-state index contributed by atoms with van der Waals surface area (Å²) in [4.78, 5) is 48.8. The smallest absolute Gasteiger partial charge is 0.242 e. The zero-order valence-corrected chi connectivity index (χ0v) is 17.5. The van der Waals surface area contributed by atoms with Gasteiger partial charge in [0.15, 0.2) is 0 Å². The summed E-state index contributed by atoms with van der Waals surface area (Å²) in [5, 5.41) is 5.34. The molecule has 1 aliphatic rings. The van der Waals surface area contributed by atoms with Crippen molar-refractivity contribution in [2.75, 3.05) is 19.6 Å². The number of nitrogens with zero attached hydrogens (tertiary/aromatic N) is 1. The summed E-state index contributed by atoms with van der Waals surface area (Å²) < 4.78 is 0. The van der Waals surface area contributed by atoms with Crippen molar-refractivity contribution in [2.24, 2.45) is 0 Å². The summed E-state index contributed by atoms with van der Waals surface area (Å²) in [6, 6.07) is 0. The van der Waals surface area contributed by atoms with E-state index in [0.29, 0.717) is 44.0 Å². The number of unbranched alkanes of at least 4 members (excludes halogenated alkanes) is 2. The molecule has 0 aromatic rings. The molecular formula is C19H33N3O4S. The number of rotatable bonds is 13. The van der Waals surface area contributed by atoms with Gasteiger partial charge in [0.2, 0.25) is 23.6 Å². The third-order valence-electron chi connectivity index (χ3n) is 4.40. The molecule has 0 spiro atoms. The molecule has 2 N–H and O–H groups in total. The average molecular weight is 400 g/mol. The predicted molar refractivity (Wildman–Crippen MR) is 107 cm³/mol. The minimum absolute atomic E-state index is 0.00103. The molecule has 0 aromatic carbocycles. The molecule has 1 rings (SSSR count). The Labute approximate surface area is 166 Å². The van der Waals surface area contributed by atoms with E-state index in [1.165, 1.54) is 4.90 Å². The molecule has 4 amide bonds. The van der Waals surface area contributed by atoms with Crippen molar-refractivity contribution in [3.63, 3.8) is 0 Å². The van der Waals surface area contributed by atoms with Crippen LogP contribution in [0.1, 0.15) is 65.7 Å². The van der Waals surface area contributed by atoms with Gasteiger partial charge in [0.05, 0.1) is 11.8 Å². The predicted octanol–water partition coefficient (Wildman–Crippen LogP) is 1.85. The third-order valence-corrected chi connectivity index (χ3v) is 5.80. The molecule has 8 heteroatoms. The lowest BCUT2D eigenvalue weighted by Gasteiger charge is -2.16.